The van der Waals surface area contributed by atoms with E-state index in [0.717, 1.165) is 28.4 Å². The number of non-ortho nitro benzene ring substituents is 1. The molecule has 0 unspecified atom stereocenters. The number of ketones is 1. The van der Waals surface area contributed by atoms with Crippen molar-refractivity contribution in [1.82, 2.24) is 0 Å². The molecule has 166 valence electrons. The number of anilines is 2. The molecule has 7 heteroatoms. The van der Waals surface area contributed by atoms with E-state index >= 15 is 0 Å². The largest absolute Gasteiger partial charge is 0.497 e. The number of nitrogens with zero attached hydrogens (tertiary/aromatic N) is 1. The van der Waals surface area contributed by atoms with E-state index < -0.39 is 11.0 Å². The maximum atomic E-state index is 13.6. The number of ether oxygens (including phenoxy) is 1. The standard InChI is InChI=1S/C26H23N3O4/c1-33-20-9-5-6-16(13-20)18-14-23-25(24(30)15-18)26(17-7-4-8-19(12-17)29(31)32)28-22-11-3-2-10-21(22)27-23/h2-13,18,26-28H,14-15H2,1H3/t18-,26-/m1/s1. The summed E-state index contributed by atoms with van der Waals surface area (Å²) in [5, 5.41) is 18.3. The Balaban J connectivity index is 1.61. The summed E-state index contributed by atoms with van der Waals surface area (Å²) >= 11 is 0. The van der Waals surface area contributed by atoms with Crippen LogP contribution in [0.25, 0.3) is 0 Å². The normalized spacial score (nSPS) is 19.5. The fraction of sp³-hybridized carbons (Fsp3) is 0.192. The van der Waals surface area contributed by atoms with Crippen molar-refractivity contribution in [3.8, 4) is 5.75 Å². The van der Waals surface area contributed by atoms with Crippen LogP contribution in [0.4, 0.5) is 17.1 Å². The number of hydrogen-bond acceptors (Lipinski definition) is 6. The topological polar surface area (TPSA) is 93.5 Å². The third-order valence-corrected chi connectivity index (χ3v) is 6.29. The first-order valence-corrected chi connectivity index (χ1v) is 10.8. The van der Waals surface area contributed by atoms with Crippen molar-refractivity contribution in [2.45, 2.75) is 24.8 Å². The number of nitro groups is 1. The molecule has 1 aliphatic heterocycles. The Kier molecular flexibility index (Phi) is 5.30. The fourth-order valence-corrected chi connectivity index (χ4v) is 4.69. The van der Waals surface area contributed by atoms with E-state index in [1.807, 2.05) is 54.6 Å². The van der Waals surface area contributed by atoms with E-state index in [4.69, 9.17) is 4.74 Å². The zero-order valence-electron chi connectivity index (χ0n) is 18.1. The average molecular weight is 441 g/mol. The van der Waals surface area contributed by atoms with Gasteiger partial charge in [-0.25, -0.2) is 0 Å². The number of benzene rings is 3. The van der Waals surface area contributed by atoms with E-state index in [1.54, 1.807) is 13.2 Å². The minimum absolute atomic E-state index is 0.000503. The van der Waals surface area contributed by atoms with E-state index in [1.165, 1.54) is 12.1 Å². The smallest absolute Gasteiger partial charge is 0.269 e. The number of fused-ring (bicyclic) bond motifs is 1. The van der Waals surface area contributed by atoms with Crippen molar-refractivity contribution in [3.63, 3.8) is 0 Å². The van der Waals surface area contributed by atoms with Crippen LogP contribution in [0.2, 0.25) is 0 Å². The average Bonchev–Trinajstić information content (AvgIpc) is 3.01. The van der Waals surface area contributed by atoms with Crippen LogP contribution in [-0.4, -0.2) is 17.8 Å². The Hall–Kier alpha value is -4.13. The SMILES string of the molecule is COc1cccc([C@H]2CC(=O)C3=C(C2)Nc2ccccc2N[C@@H]3c2cccc([N+](=O)[O-])c2)c1. The molecule has 0 bridgehead atoms. The molecule has 1 heterocycles. The molecule has 2 aliphatic rings. The molecule has 0 aromatic heterocycles. The van der Waals surface area contributed by atoms with Crippen LogP contribution in [0.5, 0.6) is 5.75 Å². The highest BCUT2D eigenvalue weighted by Gasteiger charge is 2.36. The maximum absolute atomic E-state index is 13.6. The lowest BCUT2D eigenvalue weighted by Crippen LogP contribution is -2.26. The number of carbonyl (C=O) groups excluding carboxylic acids is 1. The monoisotopic (exact) mass is 441 g/mol. The highest BCUT2D eigenvalue weighted by atomic mass is 16.6. The van der Waals surface area contributed by atoms with Crippen molar-refractivity contribution < 1.29 is 14.5 Å². The van der Waals surface area contributed by atoms with Crippen LogP contribution in [0, 0.1) is 10.1 Å². The lowest BCUT2D eigenvalue weighted by Gasteiger charge is -2.30. The van der Waals surface area contributed by atoms with Gasteiger partial charge in [-0.15, -0.1) is 0 Å². The molecule has 0 fully saturated rings. The number of nitro benzene ring substituents is 1. The quantitative estimate of drug-likeness (QED) is 0.405. The van der Waals surface area contributed by atoms with Crippen LogP contribution in [0.1, 0.15) is 35.9 Å². The van der Waals surface area contributed by atoms with Crippen molar-refractivity contribution in [2.24, 2.45) is 0 Å². The highest BCUT2D eigenvalue weighted by molar-refractivity contribution is 6.01. The molecular formula is C26H23N3O4. The number of methoxy groups -OCH3 is 1. The summed E-state index contributed by atoms with van der Waals surface area (Å²) in [5.41, 5.74) is 4.92. The van der Waals surface area contributed by atoms with Gasteiger partial charge in [-0.3, -0.25) is 14.9 Å². The summed E-state index contributed by atoms with van der Waals surface area (Å²) in [6, 6.07) is 21.6. The van der Waals surface area contributed by atoms with Gasteiger partial charge in [0.25, 0.3) is 5.69 Å². The van der Waals surface area contributed by atoms with Gasteiger partial charge in [0.1, 0.15) is 5.75 Å². The Morgan fingerprint density at radius 1 is 0.939 bits per heavy atom. The van der Waals surface area contributed by atoms with Gasteiger partial charge in [0.05, 0.1) is 29.4 Å². The number of carbonyl (C=O) groups is 1. The first-order valence-electron chi connectivity index (χ1n) is 10.8. The van der Waals surface area contributed by atoms with Gasteiger partial charge in [-0.1, -0.05) is 36.4 Å². The molecule has 0 saturated carbocycles. The van der Waals surface area contributed by atoms with Gasteiger partial charge < -0.3 is 15.4 Å². The molecule has 5 rings (SSSR count). The van der Waals surface area contributed by atoms with Crippen LogP contribution < -0.4 is 15.4 Å². The van der Waals surface area contributed by atoms with Gasteiger partial charge in [0.2, 0.25) is 0 Å². The number of Topliss-reactive ketones (excluding diaryl/α,β-unsaturated/α-hetero) is 1. The molecule has 3 aromatic carbocycles. The maximum Gasteiger partial charge on any atom is 0.269 e. The number of allylic oxidation sites excluding steroid dienone is 1. The Morgan fingerprint density at radius 3 is 2.48 bits per heavy atom. The molecule has 1 aliphatic carbocycles. The molecule has 0 saturated heterocycles. The second kappa shape index (κ2) is 8.43. The van der Waals surface area contributed by atoms with Gasteiger partial charge >= 0.3 is 0 Å². The number of para-hydroxylation sites is 2. The van der Waals surface area contributed by atoms with Crippen molar-refractivity contribution in [2.75, 3.05) is 17.7 Å². The van der Waals surface area contributed by atoms with E-state index in [0.29, 0.717) is 24.0 Å². The summed E-state index contributed by atoms with van der Waals surface area (Å²) < 4.78 is 5.37. The Labute approximate surface area is 191 Å². The van der Waals surface area contributed by atoms with Gasteiger partial charge in [0, 0.05) is 29.8 Å². The van der Waals surface area contributed by atoms with Gasteiger partial charge in [-0.05, 0) is 47.7 Å². The Bertz CT molecular complexity index is 1280. The summed E-state index contributed by atoms with van der Waals surface area (Å²) in [5.74, 6) is 0.790. The molecule has 3 aromatic rings. The second-order valence-corrected chi connectivity index (χ2v) is 8.30. The van der Waals surface area contributed by atoms with Crippen molar-refractivity contribution in [1.29, 1.82) is 0 Å². The molecule has 0 amide bonds. The molecule has 33 heavy (non-hydrogen) atoms. The van der Waals surface area contributed by atoms with Crippen LogP contribution in [-0.2, 0) is 4.79 Å². The molecule has 2 atom stereocenters. The molecule has 7 nitrogen and oxygen atoms in total. The van der Waals surface area contributed by atoms with Gasteiger partial charge in [-0.2, -0.15) is 0 Å². The summed E-state index contributed by atoms with van der Waals surface area (Å²) in [6.07, 6.45) is 1.01. The zero-order valence-corrected chi connectivity index (χ0v) is 18.1. The summed E-state index contributed by atoms with van der Waals surface area (Å²) in [4.78, 5) is 24.5. The molecule has 0 radical (unpaired) electrons. The minimum atomic E-state index is -0.491. The molecule has 0 spiro atoms. The number of hydrogen-bond donors (Lipinski definition) is 2. The first kappa shape index (κ1) is 20.8. The predicted molar refractivity (Wildman–Crippen MR) is 127 cm³/mol. The van der Waals surface area contributed by atoms with Crippen molar-refractivity contribution in [3.05, 3.63) is 105 Å². The third-order valence-electron chi connectivity index (χ3n) is 6.29. The first-order chi connectivity index (χ1) is 16.0. The lowest BCUT2D eigenvalue weighted by molar-refractivity contribution is -0.384. The Morgan fingerprint density at radius 2 is 1.70 bits per heavy atom. The van der Waals surface area contributed by atoms with E-state index in [-0.39, 0.29) is 17.4 Å². The fourth-order valence-electron chi connectivity index (χ4n) is 4.69. The molecular weight excluding hydrogens is 418 g/mol. The van der Waals surface area contributed by atoms with Crippen LogP contribution in [0.15, 0.2) is 84.1 Å². The molecule has 2 N–H and O–H groups in total. The number of rotatable bonds is 4. The zero-order chi connectivity index (χ0) is 22.9. The summed E-state index contributed by atoms with van der Waals surface area (Å²) in [6.45, 7) is 0. The predicted octanol–water partition coefficient (Wildman–Crippen LogP) is 5.58. The summed E-state index contributed by atoms with van der Waals surface area (Å²) in [7, 11) is 1.63. The van der Waals surface area contributed by atoms with Crippen molar-refractivity contribution >= 4 is 22.8 Å². The van der Waals surface area contributed by atoms with Gasteiger partial charge in [0.15, 0.2) is 5.78 Å². The van der Waals surface area contributed by atoms with E-state index in [2.05, 4.69) is 10.6 Å². The lowest BCUT2D eigenvalue weighted by atomic mass is 9.78. The highest BCUT2D eigenvalue weighted by Crippen LogP contribution is 2.44. The van der Waals surface area contributed by atoms with E-state index in [9.17, 15) is 14.9 Å². The van der Waals surface area contributed by atoms with Crippen LogP contribution in [0.3, 0.4) is 0 Å². The minimum Gasteiger partial charge on any atom is -0.497 e. The number of nitrogens with one attached hydrogen (secondary N) is 2. The van der Waals surface area contributed by atoms with Crippen LogP contribution >= 0.6 is 0 Å². The third kappa shape index (κ3) is 3.93. The second-order valence-electron chi connectivity index (χ2n) is 8.30.